The fraction of sp³-hybridized carbons (Fsp3) is 0.562. The molecule has 1 atom stereocenters. The van der Waals surface area contributed by atoms with Crippen LogP contribution in [0.1, 0.15) is 31.7 Å². The Morgan fingerprint density at radius 3 is 2.76 bits per heavy atom. The summed E-state index contributed by atoms with van der Waals surface area (Å²) in [5.41, 5.74) is 6.44. The van der Waals surface area contributed by atoms with Gasteiger partial charge in [0.25, 0.3) is 0 Å². The van der Waals surface area contributed by atoms with Crippen LogP contribution in [0.5, 0.6) is 11.5 Å². The van der Waals surface area contributed by atoms with E-state index in [-0.39, 0.29) is 11.7 Å². The summed E-state index contributed by atoms with van der Waals surface area (Å²) < 4.78 is 5.07. The fourth-order valence-corrected chi connectivity index (χ4v) is 2.17. The van der Waals surface area contributed by atoms with E-state index in [0.717, 1.165) is 18.4 Å². The van der Waals surface area contributed by atoms with Gasteiger partial charge in [-0.1, -0.05) is 13.0 Å². The second-order valence-electron chi connectivity index (χ2n) is 5.48. The molecule has 0 spiro atoms. The third-order valence-corrected chi connectivity index (χ3v) is 3.60. The van der Waals surface area contributed by atoms with Gasteiger partial charge in [0.05, 0.1) is 7.11 Å². The minimum atomic E-state index is 0.103. The summed E-state index contributed by atoms with van der Waals surface area (Å²) in [5.74, 6) is 1.11. The maximum atomic E-state index is 12.1. The lowest BCUT2D eigenvalue weighted by atomic mass is 10.0. The van der Waals surface area contributed by atoms with Crippen LogP contribution in [0.4, 0.5) is 0 Å². The smallest absolute Gasteiger partial charge is 0.222 e. The molecule has 1 unspecified atom stereocenters. The minimum Gasteiger partial charge on any atom is -0.504 e. The van der Waals surface area contributed by atoms with E-state index >= 15 is 0 Å². The lowest BCUT2D eigenvalue weighted by Gasteiger charge is -2.19. The third kappa shape index (κ3) is 5.63. The van der Waals surface area contributed by atoms with E-state index in [1.165, 1.54) is 7.11 Å². The first-order valence-electron chi connectivity index (χ1n) is 7.27. The number of aromatic hydroxyl groups is 1. The molecule has 1 rings (SSSR count). The quantitative estimate of drug-likeness (QED) is 0.770. The first-order chi connectivity index (χ1) is 9.97. The number of carbonyl (C=O) groups is 1. The molecule has 0 aromatic heterocycles. The number of phenols is 1. The Hall–Kier alpha value is -1.75. The van der Waals surface area contributed by atoms with Crippen molar-refractivity contribution in [1.29, 1.82) is 0 Å². The third-order valence-electron chi connectivity index (χ3n) is 3.60. The van der Waals surface area contributed by atoms with Crippen molar-refractivity contribution in [2.24, 2.45) is 11.7 Å². The number of phenolic OH excluding ortho intramolecular Hbond substituents is 1. The first kappa shape index (κ1) is 17.3. The number of hydrogen-bond acceptors (Lipinski definition) is 4. The topological polar surface area (TPSA) is 75.8 Å². The average Bonchev–Trinajstić information content (AvgIpc) is 2.46. The number of rotatable bonds is 8. The summed E-state index contributed by atoms with van der Waals surface area (Å²) in [6.45, 7) is 3.28. The van der Waals surface area contributed by atoms with E-state index in [1.54, 1.807) is 30.1 Å². The predicted molar refractivity (Wildman–Crippen MR) is 83.2 cm³/mol. The summed E-state index contributed by atoms with van der Waals surface area (Å²) in [6, 6.07) is 5.12. The summed E-state index contributed by atoms with van der Waals surface area (Å²) in [5, 5.41) is 9.56. The molecule has 0 saturated carbocycles. The van der Waals surface area contributed by atoms with E-state index in [1.807, 2.05) is 0 Å². The van der Waals surface area contributed by atoms with Crippen LogP contribution in [-0.4, -0.2) is 36.6 Å². The molecule has 5 heteroatoms. The van der Waals surface area contributed by atoms with Gasteiger partial charge in [0.15, 0.2) is 11.5 Å². The first-order valence-corrected chi connectivity index (χ1v) is 7.27. The molecular weight excluding hydrogens is 268 g/mol. The van der Waals surface area contributed by atoms with Crippen LogP contribution in [0.15, 0.2) is 18.2 Å². The van der Waals surface area contributed by atoms with E-state index < -0.39 is 0 Å². The normalized spacial score (nSPS) is 12.0. The number of nitrogens with two attached hydrogens (primary N) is 1. The Kier molecular flexibility index (Phi) is 7.02. The number of benzene rings is 1. The molecule has 0 heterocycles. The molecule has 1 amide bonds. The molecule has 0 bridgehead atoms. The monoisotopic (exact) mass is 294 g/mol. The molecule has 0 fully saturated rings. The second-order valence-corrected chi connectivity index (χ2v) is 5.48. The Morgan fingerprint density at radius 2 is 2.14 bits per heavy atom. The zero-order chi connectivity index (χ0) is 15.8. The number of methoxy groups -OCH3 is 1. The standard InChI is InChI=1S/C16H26N2O3/c1-12(8-9-17)4-7-16(20)18(2)11-13-5-6-14(19)15(10-13)21-3/h5-6,10,12,19H,4,7-9,11,17H2,1-3H3. The van der Waals surface area contributed by atoms with Gasteiger partial charge in [-0.3, -0.25) is 4.79 Å². The molecule has 0 aliphatic heterocycles. The van der Waals surface area contributed by atoms with Crippen molar-refractivity contribution in [3.63, 3.8) is 0 Å². The SMILES string of the molecule is COc1cc(CN(C)C(=O)CCC(C)CCN)ccc1O. The van der Waals surface area contributed by atoms with Gasteiger partial charge in [-0.25, -0.2) is 0 Å². The molecule has 1 aromatic rings. The molecule has 1 aromatic carbocycles. The molecule has 0 radical (unpaired) electrons. The fourth-order valence-electron chi connectivity index (χ4n) is 2.17. The number of nitrogens with zero attached hydrogens (tertiary/aromatic N) is 1. The van der Waals surface area contributed by atoms with Gasteiger partial charge in [0.2, 0.25) is 5.91 Å². The number of ether oxygens (including phenoxy) is 1. The Labute approximate surface area is 126 Å². The van der Waals surface area contributed by atoms with Gasteiger partial charge in [-0.05, 0) is 43.0 Å². The van der Waals surface area contributed by atoms with Crippen molar-refractivity contribution in [3.05, 3.63) is 23.8 Å². The Bertz CT molecular complexity index is 463. The lowest BCUT2D eigenvalue weighted by Crippen LogP contribution is -2.26. The van der Waals surface area contributed by atoms with Crippen molar-refractivity contribution in [1.82, 2.24) is 4.90 Å². The summed E-state index contributed by atoms with van der Waals surface area (Å²) in [7, 11) is 3.29. The highest BCUT2D eigenvalue weighted by molar-refractivity contribution is 5.75. The van der Waals surface area contributed by atoms with Crippen molar-refractivity contribution in [2.75, 3.05) is 20.7 Å². The highest BCUT2D eigenvalue weighted by Gasteiger charge is 2.12. The van der Waals surface area contributed by atoms with Crippen LogP contribution in [-0.2, 0) is 11.3 Å². The Morgan fingerprint density at radius 1 is 1.43 bits per heavy atom. The molecule has 21 heavy (non-hydrogen) atoms. The maximum Gasteiger partial charge on any atom is 0.222 e. The van der Waals surface area contributed by atoms with Gasteiger partial charge < -0.3 is 20.5 Å². The van der Waals surface area contributed by atoms with Gasteiger partial charge in [-0.2, -0.15) is 0 Å². The van der Waals surface area contributed by atoms with Crippen LogP contribution < -0.4 is 10.5 Å². The zero-order valence-electron chi connectivity index (χ0n) is 13.1. The van der Waals surface area contributed by atoms with Crippen LogP contribution >= 0.6 is 0 Å². The lowest BCUT2D eigenvalue weighted by molar-refractivity contribution is -0.130. The van der Waals surface area contributed by atoms with Crippen LogP contribution in [0.25, 0.3) is 0 Å². The summed E-state index contributed by atoms with van der Waals surface area (Å²) >= 11 is 0. The van der Waals surface area contributed by atoms with E-state index in [0.29, 0.717) is 31.2 Å². The van der Waals surface area contributed by atoms with E-state index in [2.05, 4.69) is 6.92 Å². The van der Waals surface area contributed by atoms with Crippen LogP contribution in [0.3, 0.4) is 0 Å². The minimum absolute atomic E-state index is 0.103. The van der Waals surface area contributed by atoms with E-state index in [4.69, 9.17) is 10.5 Å². The molecule has 0 saturated heterocycles. The highest BCUT2D eigenvalue weighted by atomic mass is 16.5. The van der Waals surface area contributed by atoms with Crippen molar-refractivity contribution in [2.45, 2.75) is 32.7 Å². The second kappa shape index (κ2) is 8.52. The van der Waals surface area contributed by atoms with Gasteiger partial charge in [0.1, 0.15) is 0 Å². The van der Waals surface area contributed by atoms with Crippen LogP contribution in [0.2, 0.25) is 0 Å². The van der Waals surface area contributed by atoms with Gasteiger partial charge in [-0.15, -0.1) is 0 Å². The number of hydrogen-bond donors (Lipinski definition) is 2. The van der Waals surface area contributed by atoms with Crippen molar-refractivity contribution < 1.29 is 14.6 Å². The van der Waals surface area contributed by atoms with Gasteiger partial charge >= 0.3 is 0 Å². The molecular formula is C16H26N2O3. The zero-order valence-corrected chi connectivity index (χ0v) is 13.1. The molecule has 3 N–H and O–H groups in total. The highest BCUT2D eigenvalue weighted by Crippen LogP contribution is 2.26. The number of carbonyl (C=O) groups excluding carboxylic acids is 1. The summed E-state index contributed by atoms with van der Waals surface area (Å²) in [6.07, 6.45) is 2.35. The molecule has 5 nitrogen and oxygen atoms in total. The van der Waals surface area contributed by atoms with Crippen molar-refractivity contribution >= 4 is 5.91 Å². The van der Waals surface area contributed by atoms with Crippen LogP contribution in [0, 0.1) is 5.92 Å². The van der Waals surface area contributed by atoms with E-state index in [9.17, 15) is 9.90 Å². The average molecular weight is 294 g/mol. The Balaban J connectivity index is 2.52. The molecule has 0 aliphatic carbocycles. The molecule has 118 valence electrons. The molecule has 0 aliphatic rings. The number of amides is 1. The summed E-state index contributed by atoms with van der Waals surface area (Å²) in [4.78, 5) is 13.8. The largest absolute Gasteiger partial charge is 0.504 e. The predicted octanol–water partition coefficient (Wildman–Crippen LogP) is 2.12. The van der Waals surface area contributed by atoms with Crippen molar-refractivity contribution in [3.8, 4) is 11.5 Å². The maximum absolute atomic E-state index is 12.1. The van der Waals surface area contributed by atoms with Gasteiger partial charge in [0, 0.05) is 20.0 Å².